The van der Waals surface area contributed by atoms with Crippen molar-refractivity contribution in [3.8, 4) is 11.1 Å². The van der Waals surface area contributed by atoms with Gasteiger partial charge in [0.25, 0.3) is 0 Å². The standard InChI is InChI=1S/C12H10.C3H8.4CHNO/c1-3-7-11(8-4-1)12-9-5-2-6-10-12;1-3-2;4*2-1-3/h1-10H;3H2,1-2H3;4*2H. The van der Waals surface area contributed by atoms with Gasteiger partial charge < -0.3 is 0 Å². The fraction of sp³-hybridized carbons (Fsp3) is 0.158. The molecule has 0 aliphatic heterocycles. The first-order chi connectivity index (χ1) is 13.0. The average Bonchev–Trinajstić information content (AvgIpc) is 2.67. The molecule has 27 heavy (non-hydrogen) atoms. The third kappa shape index (κ3) is 34.3. The van der Waals surface area contributed by atoms with Gasteiger partial charge in [0.05, 0.1) is 0 Å². The first-order valence-electron chi connectivity index (χ1n) is 7.30. The van der Waals surface area contributed by atoms with Crippen LogP contribution in [0.4, 0.5) is 0 Å². The summed E-state index contributed by atoms with van der Waals surface area (Å²) < 4.78 is 0. The second kappa shape index (κ2) is 33.5. The summed E-state index contributed by atoms with van der Waals surface area (Å²) in [5.74, 6) is 0. The van der Waals surface area contributed by atoms with Crippen molar-refractivity contribution in [1.82, 2.24) is 0 Å². The molecule has 142 valence electrons. The fourth-order valence-electron chi connectivity index (χ4n) is 1.26. The van der Waals surface area contributed by atoms with Crippen LogP contribution in [0.15, 0.2) is 60.7 Å². The van der Waals surface area contributed by atoms with Gasteiger partial charge in [-0.1, -0.05) is 80.9 Å². The van der Waals surface area contributed by atoms with Gasteiger partial charge in [-0.2, -0.15) is 0 Å². The molecule has 0 saturated carbocycles. The number of rotatable bonds is 1. The summed E-state index contributed by atoms with van der Waals surface area (Å²) in [7, 11) is 0. The van der Waals surface area contributed by atoms with Gasteiger partial charge in [0, 0.05) is 0 Å². The van der Waals surface area contributed by atoms with Crippen molar-refractivity contribution in [2.75, 3.05) is 0 Å². The summed E-state index contributed by atoms with van der Waals surface area (Å²) >= 11 is 0. The van der Waals surface area contributed by atoms with E-state index in [9.17, 15) is 0 Å². The molecular formula is C19H22N4O4. The summed E-state index contributed by atoms with van der Waals surface area (Å²) in [6, 6.07) is 20.8. The van der Waals surface area contributed by atoms with Gasteiger partial charge in [0.2, 0.25) is 24.3 Å². The van der Waals surface area contributed by atoms with E-state index >= 15 is 0 Å². The van der Waals surface area contributed by atoms with Crippen LogP contribution in [0.2, 0.25) is 0 Å². The molecular weight excluding hydrogens is 348 g/mol. The van der Waals surface area contributed by atoms with Gasteiger partial charge in [-0.05, 0) is 11.1 Å². The van der Waals surface area contributed by atoms with E-state index in [1.165, 1.54) is 17.5 Å². The summed E-state index contributed by atoms with van der Waals surface area (Å²) in [5.41, 5.74) is 2.55. The van der Waals surface area contributed by atoms with Crippen LogP contribution in [0.25, 0.3) is 11.1 Å². The Labute approximate surface area is 157 Å². The van der Waals surface area contributed by atoms with Crippen LogP contribution >= 0.6 is 0 Å². The van der Waals surface area contributed by atoms with E-state index < -0.39 is 0 Å². The van der Waals surface area contributed by atoms with Gasteiger partial charge in [-0.3, -0.25) is 0 Å². The lowest BCUT2D eigenvalue weighted by molar-refractivity contribution is 0.562. The zero-order chi connectivity index (χ0) is 21.8. The third-order valence-electron chi connectivity index (χ3n) is 1.88. The second-order valence-corrected chi connectivity index (χ2v) is 3.85. The van der Waals surface area contributed by atoms with Crippen molar-refractivity contribution in [3.63, 3.8) is 0 Å². The summed E-state index contributed by atoms with van der Waals surface area (Å²) in [4.78, 5) is 33.4. The molecule has 8 nitrogen and oxygen atoms in total. The number of benzene rings is 2. The summed E-state index contributed by atoms with van der Waals surface area (Å²) in [5, 5.41) is 21.6. The minimum atomic E-state index is 0.750. The van der Waals surface area contributed by atoms with E-state index in [1.54, 1.807) is 0 Å². The topological polar surface area (TPSA) is 164 Å². The fourth-order valence-corrected chi connectivity index (χ4v) is 1.26. The van der Waals surface area contributed by atoms with Crippen LogP contribution in [0.3, 0.4) is 0 Å². The third-order valence-corrected chi connectivity index (χ3v) is 1.88. The summed E-state index contributed by atoms with van der Waals surface area (Å²) in [6.07, 6.45) is 4.25. The predicted molar refractivity (Wildman–Crippen MR) is 101 cm³/mol. The molecule has 0 spiro atoms. The first kappa shape index (κ1) is 30.8. The zero-order valence-electron chi connectivity index (χ0n) is 15.1. The molecule has 2 rings (SSSR count). The van der Waals surface area contributed by atoms with Crippen molar-refractivity contribution in [2.45, 2.75) is 20.3 Å². The molecule has 0 fully saturated rings. The van der Waals surface area contributed by atoms with Crippen molar-refractivity contribution < 1.29 is 19.2 Å². The molecule has 0 amide bonds. The largest absolute Gasteiger partial charge is 0.231 e. The van der Waals surface area contributed by atoms with Gasteiger partial charge in [0.1, 0.15) is 0 Å². The zero-order valence-corrected chi connectivity index (χ0v) is 15.1. The maximum absolute atomic E-state index is 8.35. The Balaban J connectivity index is -0.000000148. The maximum Gasteiger partial charge on any atom is 0.231 e. The Morgan fingerprint density at radius 3 is 0.852 bits per heavy atom. The minimum absolute atomic E-state index is 0.750. The van der Waals surface area contributed by atoms with Crippen molar-refractivity contribution in [1.29, 1.82) is 21.6 Å². The maximum atomic E-state index is 8.35. The average molecular weight is 370 g/mol. The molecule has 0 aliphatic carbocycles. The number of nitrogens with one attached hydrogen (secondary N) is 4. The van der Waals surface area contributed by atoms with Crippen LogP contribution in [-0.4, -0.2) is 24.3 Å². The Kier molecular flexibility index (Phi) is 38.3. The van der Waals surface area contributed by atoms with Gasteiger partial charge in [0.15, 0.2) is 0 Å². The lowest BCUT2D eigenvalue weighted by Gasteiger charge is -1.98. The number of isocyanates is 4. The van der Waals surface area contributed by atoms with E-state index in [0.29, 0.717) is 0 Å². The van der Waals surface area contributed by atoms with Crippen LogP contribution in [0.1, 0.15) is 20.3 Å². The monoisotopic (exact) mass is 370 g/mol. The molecule has 4 N–H and O–H groups in total. The molecule has 0 aromatic heterocycles. The Morgan fingerprint density at radius 1 is 0.556 bits per heavy atom. The first-order valence-corrected chi connectivity index (χ1v) is 7.30. The van der Waals surface area contributed by atoms with Gasteiger partial charge in [-0.15, -0.1) is 0 Å². The van der Waals surface area contributed by atoms with Gasteiger partial charge >= 0.3 is 0 Å². The molecule has 0 bridgehead atoms. The molecule has 2 aromatic carbocycles. The quantitative estimate of drug-likeness (QED) is 0.432. The smallest absolute Gasteiger partial charge is 0.222 e. The Hall–Kier alpha value is -4.04. The second-order valence-electron chi connectivity index (χ2n) is 3.85. The van der Waals surface area contributed by atoms with Crippen molar-refractivity contribution >= 4 is 24.3 Å². The normalized spacial score (nSPS) is 6.15. The highest BCUT2D eigenvalue weighted by atomic mass is 16.1. The number of hydrogen-bond acceptors (Lipinski definition) is 8. The molecule has 2 aromatic rings. The molecule has 8 heteroatoms. The van der Waals surface area contributed by atoms with E-state index in [2.05, 4.69) is 62.4 Å². The highest BCUT2D eigenvalue weighted by Crippen LogP contribution is 2.17. The minimum Gasteiger partial charge on any atom is -0.222 e. The van der Waals surface area contributed by atoms with E-state index in [4.69, 9.17) is 40.8 Å². The molecule has 0 unspecified atom stereocenters. The molecule has 0 radical (unpaired) electrons. The highest BCUT2D eigenvalue weighted by Gasteiger charge is 1.91. The van der Waals surface area contributed by atoms with Crippen LogP contribution in [-0.2, 0) is 19.2 Å². The van der Waals surface area contributed by atoms with E-state index in [0.717, 1.165) is 24.3 Å². The van der Waals surface area contributed by atoms with Crippen LogP contribution < -0.4 is 0 Å². The Bertz CT molecular complexity index is 595. The number of carbonyl (C=O) groups excluding carboxylic acids is 4. The van der Waals surface area contributed by atoms with Gasteiger partial charge in [-0.25, -0.2) is 40.8 Å². The molecule has 0 aliphatic rings. The van der Waals surface area contributed by atoms with E-state index in [1.807, 2.05) is 12.1 Å². The van der Waals surface area contributed by atoms with Crippen molar-refractivity contribution in [3.05, 3.63) is 60.7 Å². The Morgan fingerprint density at radius 2 is 0.704 bits per heavy atom. The highest BCUT2D eigenvalue weighted by molar-refractivity contribution is 5.62. The summed E-state index contributed by atoms with van der Waals surface area (Å²) in [6.45, 7) is 4.25. The van der Waals surface area contributed by atoms with E-state index in [-0.39, 0.29) is 0 Å². The SMILES string of the molecule is CCC.N=C=O.N=C=O.N=C=O.N=C=O.c1ccc(-c2ccccc2)cc1. The van der Waals surface area contributed by atoms with Crippen molar-refractivity contribution in [2.24, 2.45) is 0 Å². The molecule has 0 atom stereocenters. The lowest BCUT2D eigenvalue weighted by Crippen LogP contribution is -1.73. The molecule has 0 saturated heterocycles. The van der Waals surface area contributed by atoms with Crippen LogP contribution in [0, 0.1) is 21.6 Å². The molecule has 0 heterocycles. The lowest BCUT2D eigenvalue weighted by atomic mass is 10.1. The predicted octanol–water partition coefficient (Wildman–Crippen LogP) is 4.37. The van der Waals surface area contributed by atoms with Crippen LogP contribution in [0.5, 0.6) is 0 Å². The number of hydrogen-bond donors (Lipinski definition) is 4.